The molecule has 2 N–H and O–H groups in total. The Kier molecular flexibility index (Phi) is 3.80. The van der Waals surface area contributed by atoms with Crippen molar-refractivity contribution in [2.24, 2.45) is 0 Å². The third-order valence-corrected chi connectivity index (χ3v) is 4.62. The Balaban J connectivity index is 1.68. The summed E-state index contributed by atoms with van der Waals surface area (Å²) in [6, 6.07) is 1.26. The highest BCUT2D eigenvalue weighted by atomic mass is 32.1. The Labute approximate surface area is 128 Å². The van der Waals surface area contributed by atoms with Crippen LogP contribution < -0.4 is 10.6 Å². The first-order valence-corrected chi connectivity index (χ1v) is 8.08. The van der Waals surface area contributed by atoms with E-state index in [9.17, 15) is 14.4 Å². The van der Waals surface area contributed by atoms with Gasteiger partial charge in [-0.25, -0.2) is 4.98 Å². The van der Waals surface area contributed by atoms with Gasteiger partial charge >= 0.3 is 0 Å². The van der Waals surface area contributed by atoms with Crippen molar-refractivity contribution in [3.63, 3.8) is 0 Å². The molecule has 1 aliphatic heterocycles. The number of hydrogen-bond donors (Lipinski definition) is 2. The first-order chi connectivity index (χ1) is 10.1. The number of nitrogens with one attached hydrogen (secondary N) is 2. The fourth-order valence-corrected chi connectivity index (χ4v) is 3.47. The van der Waals surface area contributed by atoms with Crippen LogP contribution in [0.2, 0.25) is 0 Å². The van der Waals surface area contributed by atoms with Gasteiger partial charge in [0.05, 0.1) is 0 Å². The molecule has 0 bridgehead atoms. The van der Waals surface area contributed by atoms with E-state index in [0.29, 0.717) is 6.42 Å². The minimum absolute atomic E-state index is 0.230. The van der Waals surface area contributed by atoms with Crippen LogP contribution in [0.3, 0.4) is 0 Å². The molecule has 1 atom stereocenters. The average molecular weight is 321 g/mol. The van der Waals surface area contributed by atoms with Crippen LogP contribution in [-0.2, 0) is 9.59 Å². The lowest BCUT2D eigenvalue weighted by Gasteiger charge is -2.21. The Hall–Kier alpha value is -2.06. The van der Waals surface area contributed by atoms with Gasteiger partial charge < -0.3 is 5.32 Å². The van der Waals surface area contributed by atoms with Gasteiger partial charge in [-0.2, -0.15) is 11.3 Å². The highest BCUT2D eigenvalue weighted by Gasteiger charge is 2.28. The molecule has 2 aromatic heterocycles. The predicted molar refractivity (Wildman–Crippen MR) is 79.1 cm³/mol. The maximum absolute atomic E-state index is 12.1. The molecular formula is C13H11N3O3S2. The number of imide groups is 1. The summed E-state index contributed by atoms with van der Waals surface area (Å²) in [7, 11) is 0. The van der Waals surface area contributed by atoms with Crippen LogP contribution in [0.4, 0.5) is 0 Å². The van der Waals surface area contributed by atoms with Crippen molar-refractivity contribution in [1.82, 2.24) is 15.6 Å². The van der Waals surface area contributed by atoms with E-state index in [1.165, 1.54) is 11.3 Å². The van der Waals surface area contributed by atoms with Gasteiger partial charge in [-0.15, -0.1) is 11.3 Å². The topological polar surface area (TPSA) is 88.2 Å². The molecule has 0 aliphatic carbocycles. The normalized spacial score (nSPS) is 18.4. The van der Waals surface area contributed by atoms with Crippen LogP contribution >= 0.6 is 22.7 Å². The van der Waals surface area contributed by atoms with E-state index in [1.54, 1.807) is 16.7 Å². The first kappa shape index (κ1) is 13.9. The van der Waals surface area contributed by atoms with Crippen LogP contribution in [0.25, 0.3) is 10.6 Å². The highest BCUT2D eigenvalue weighted by Crippen LogP contribution is 2.25. The Bertz CT molecular complexity index is 693. The number of piperidine rings is 1. The fraction of sp³-hybridized carbons (Fsp3) is 0.231. The molecule has 6 nitrogen and oxygen atoms in total. The lowest BCUT2D eigenvalue weighted by Crippen LogP contribution is -2.52. The van der Waals surface area contributed by atoms with Crippen molar-refractivity contribution in [2.45, 2.75) is 18.9 Å². The smallest absolute Gasteiger partial charge is 0.271 e. The van der Waals surface area contributed by atoms with Crippen molar-refractivity contribution in [3.8, 4) is 10.6 Å². The van der Waals surface area contributed by atoms with E-state index in [2.05, 4.69) is 15.6 Å². The van der Waals surface area contributed by atoms with Gasteiger partial charge in [-0.05, 0) is 17.9 Å². The number of thiazole rings is 1. The molecule has 0 spiro atoms. The van der Waals surface area contributed by atoms with Crippen LogP contribution in [0.15, 0.2) is 22.2 Å². The second-order valence-electron chi connectivity index (χ2n) is 4.53. The second kappa shape index (κ2) is 5.74. The summed E-state index contributed by atoms with van der Waals surface area (Å²) >= 11 is 2.94. The number of rotatable bonds is 3. The Morgan fingerprint density at radius 2 is 2.24 bits per heavy atom. The monoisotopic (exact) mass is 321 g/mol. The summed E-state index contributed by atoms with van der Waals surface area (Å²) in [4.78, 5) is 39.0. The molecule has 8 heteroatoms. The largest absolute Gasteiger partial charge is 0.339 e. The molecule has 3 heterocycles. The molecule has 1 fully saturated rings. The zero-order chi connectivity index (χ0) is 14.8. The number of thiophene rings is 1. The van der Waals surface area contributed by atoms with Gasteiger partial charge in [0.15, 0.2) is 0 Å². The Morgan fingerprint density at radius 1 is 1.38 bits per heavy atom. The van der Waals surface area contributed by atoms with Gasteiger partial charge in [0.1, 0.15) is 16.7 Å². The number of amides is 3. The molecule has 1 aliphatic rings. The van der Waals surface area contributed by atoms with Gasteiger partial charge in [-0.1, -0.05) is 0 Å². The van der Waals surface area contributed by atoms with E-state index < -0.39 is 17.9 Å². The Morgan fingerprint density at radius 3 is 2.95 bits per heavy atom. The lowest BCUT2D eigenvalue weighted by molar-refractivity contribution is -0.134. The summed E-state index contributed by atoms with van der Waals surface area (Å²) in [5.74, 6) is -1.17. The molecule has 108 valence electrons. The van der Waals surface area contributed by atoms with Gasteiger partial charge in [0, 0.05) is 22.7 Å². The zero-order valence-corrected chi connectivity index (χ0v) is 12.4. The summed E-state index contributed by atoms with van der Waals surface area (Å²) < 4.78 is 0. The molecular weight excluding hydrogens is 310 g/mol. The predicted octanol–water partition coefficient (Wildman–Crippen LogP) is 1.41. The number of nitrogens with zero attached hydrogens (tertiary/aromatic N) is 1. The second-order valence-corrected chi connectivity index (χ2v) is 6.17. The van der Waals surface area contributed by atoms with Crippen molar-refractivity contribution in [2.75, 3.05) is 0 Å². The molecule has 0 aromatic carbocycles. The minimum Gasteiger partial charge on any atom is -0.339 e. The van der Waals surface area contributed by atoms with E-state index in [1.807, 2.05) is 16.8 Å². The molecule has 0 saturated carbocycles. The molecule has 1 saturated heterocycles. The third kappa shape index (κ3) is 3.01. The summed E-state index contributed by atoms with van der Waals surface area (Å²) in [6.07, 6.45) is 0.547. The summed E-state index contributed by atoms with van der Waals surface area (Å²) in [5, 5.41) is 11.1. The van der Waals surface area contributed by atoms with Crippen molar-refractivity contribution >= 4 is 40.4 Å². The molecule has 3 rings (SSSR count). The standard InChI is InChI=1S/C13H11N3O3S2/c17-10-2-1-8(11(18)16-10)14-12(19)9-6-21-13(15-9)7-3-4-20-5-7/h3-6,8H,1-2H2,(H,14,19)(H,16,17,18). The lowest BCUT2D eigenvalue weighted by atomic mass is 10.1. The van der Waals surface area contributed by atoms with E-state index in [0.717, 1.165) is 10.6 Å². The number of carbonyl (C=O) groups excluding carboxylic acids is 3. The zero-order valence-electron chi connectivity index (χ0n) is 10.8. The van der Waals surface area contributed by atoms with E-state index >= 15 is 0 Å². The van der Waals surface area contributed by atoms with Gasteiger partial charge in [0.25, 0.3) is 5.91 Å². The minimum atomic E-state index is -0.679. The molecule has 3 amide bonds. The van der Waals surface area contributed by atoms with E-state index in [4.69, 9.17) is 0 Å². The maximum Gasteiger partial charge on any atom is 0.271 e. The average Bonchev–Trinajstić information content (AvgIpc) is 3.10. The van der Waals surface area contributed by atoms with Crippen LogP contribution in [0.5, 0.6) is 0 Å². The highest BCUT2D eigenvalue weighted by molar-refractivity contribution is 7.14. The quantitative estimate of drug-likeness (QED) is 0.837. The van der Waals surface area contributed by atoms with Crippen LogP contribution in [0.1, 0.15) is 23.3 Å². The third-order valence-electron chi connectivity index (χ3n) is 3.05. The molecule has 21 heavy (non-hydrogen) atoms. The first-order valence-electron chi connectivity index (χ1n) is 6.26. The number of hydrogen-bond acceptors (Lipinski definition) is 6. The summed E-state index contributed by atoms with van der Waals surface area (Å²) in [6.45, 7) is 0. The van der Waals surface area contributed by atoms with Crippen molar-refractivity contribution in [1.29, 1.82) is 0 Å². The SMILES string of the molecule is O=C1CCC(NC(=O)c2csc(-c3ccsc3)n2)C(=O)N1. The number of carbonyl (C=O) groups is 3. The van der Waals surface area contributed by atoms with Crippen LogP contribution in [0, 0.1) is 0 Å². The number of aromatic nitrogens is 1. The van der Waals surface area contributed by atoms with Crippen molar-refractivity contribution in [3.05, 3.63) is 27.9 Å². The molecule has 0 radical (unpaired) electrons. The molecule has 1 unspecified atom stereocenters. The fourth-order valence-electron chi connectivity index (χ4n) is 1.96. The van der Waals surface area contributed by atoms with Gasteiger partial charge in [0.2, 0.25) is 11.8 Å². The van der Waals surface area contributed by atoms with Gasteiger partial charge in [-0.3, -0.25) is 19.7 Å². The van der Waals surface area contributed by atoms with Crippen molar-refractivity contribution < 1.29 is 14.4 Å². The molecule has 2 aromatic rings. The van der Waals surface area contributed by atoms with Crippen LogP contribution in [-0.4, -0.2) is 28.7 Å². The summed E-state index contributed by atoms with van der Waals surface area (Å²) in [5.41, 5.74) is 1.26. The maximum atomic E-state index is 12.1. The van der Waals surface area contributed by atoms with E-state index in [-0.39, 0.29) is 18.0 Å².